The van der Waals surface area contributed by atoms with Crippen molar-refractivity contribution in [3.8, 4) is 0 Å². The molecule has 5 rings (SSSR count). The van der Waals surface area contributed by atoms with Crippen molar-refractivity contribution in [1.29, 1.82) is 0 Å². The van der Waals surface area contributed by atoms with E-state index in [1.54, 1.807) is 0 Å². The van der Waals surface area contributed by atoms with Gasteiger partial charge in [0.25, 0.3) is 0 Å². The average molecular weight is 531 g/mol. The minimum atomic E-state index is 1.14. The van der Waals surface area contributed by atoms with Gasteiger partial charge in [-0.2, -0.15) is 0 Å². The minimum absolute atomic E-state index is 1.14. The van der Waals surface area contributed by atoms with Crippen molar-refractivity contribution in [3.63, 3.8) is 0 Å². The summed E-state index contributed by atoms with van der Waals surface area (Å²) in [6.45, 7) is 10.8. The van der Waals surface area contributed by atoms with Crippen LogP contribution in [0.5, 0.6) is 0 Å². The molecule has 0 fully saturated rings. The summed E-state index contributed by atoms with van der Waals surface area (Å²) in [4.78, 5) is 0. The van der Waals surface area contributed by atoms with Crippen LogP contribution in [0.2, 0.25) is 0 Å². The predicted molar refractivity (Wildman–Crippen MR) is 179 cm³/mol. The van der Waals surface area contributed by atoms with Crippen LogP contribution >= 0.6 is 0 Å². The van der Waals surface area contributed by atoms with Crippen molar-refractivity contribution >= 4 is 0 Å². The molecule has 0 amide bonds. The van der Waals surface area contributed by atoms with Gasteiger partial charge in [0.15, 0.2) is 0 Å². The molecular weight excluding hydrogens is 480 g/mol. The first-order valence-corrected chi connectivity index (χ1v) is 14.9. The summed E-state index contributed by atoms with van der Waals surface area (Å²) in [6.07, 6.45) is 5.70. The van der Waals surface area contributed by atoms with Gasteiger partial charge in [0.2, 0.25) is 0 Å². The van der Waals surface area contributed by atoms with Gasteiger partial charge in [-0.05, 0) is 59.9 Å². The van der Waals surface area contributed by atoms with Crippen LogP contribution in [-0.4, -0.2) is 0 Å². The van der Waals surface area contributed by atoms with Crippen LogP contribution in [0.3, 0.4) is 0 Å². The Hall–Kier alpha value is -3.90. The van der Waals surface area contributed by atoms with Crippen molar-refractivity contribution in [2.45, 2.75) is 66.7 Å². The molecule has 0 spiro atoms. The first kappa shape index (κ1) is 34.1. The maximum Gasteiger partial charge on any atom is -0.0307 e. The lowest BCUT2D eigenvalue weighted by Crippen LogP contribution is -1.73. The molecule has 0 heterocycles. The van der Waals surface area contributed by atoms with Crippen molar-refractivity contribution in [2.75, 3.05) is 0 Å². The second-order valence-corrected chi connectivity index (χ2v) is 9.20. The fourth-order valence-corrected chi connectivity index (χ4v) is 3.57. The van der Waals surface area contributed by atoms with Crippen LogP contribution in [0.25, 0.3) is 0 Å². The maximum atomic E-state index is 2.16. The summed E-state index contributed by atoms with van der Waals surface area (Å²) in [5.74, 6) is 0. The molecule has 40 heavy (non-hydrogen) atoms. The lowest BCUT2D eigenvalue weighted by atomic mass is 10.2. The number of benzene rings is 5. The Morgan fingerprint density at radius 2 is 0.350 bits per heavy atom. The largest absolute Gasteiger partial charge is 0.0622 e. The van der Waals surface area contributed by atoms with E-state index in [9.17, 15) is 0 Å². The van der Waals surface area contributed by atoms with E-state index in [0.29, 0.717) is 0 Å². The molecule has 0 radical (unpaired) electrons. The van der Waals surface area contributed by atoms with E-state index in [1.807, 2.05) is 30.3 Å². The summed E-state index contributed by atoms with van der Waals surface area (Å²) in [7, 11) is 0. The van der Waals surface area contributed by atoms with Crippen LogP contribution in [0.15, 0.2) is 152 Å². The number of hydrogen-bond acceptors (Lipinski definition) is 0. The van der Waals surface area contributed by atoms with E-state index in [0.717, 1.165) is 32.1 Å². The quantitative estimate of drug-likeness (QED) is 0.212. The highest BCUT2D eigenvalue weighted by Gasteiger charge is 1.82. The smallest absolute Gasteiger partial charge is 0.0307 e. The summed E-state index contributed by atoms with van der Waals surface area (Å²) >= 11 is 0. The molecule has 0 aliphatic carbocycles. The van der Waals surface area contributed by atoms with Gasteiger partial charge in [-0.15, -0.1) is 0 Å². The van der Waals surface area contributed by atoms with Gasteiger partial charge in [-0.3, -0.25) is 0 Å². The second-order valence-electron chi connectivity index (χ2n) is 9.20. The molecule has 0 unspecified atom stereocenters. The van der Waals surface area contributed by atoms with Crippen LogP contribution in [0.4, 0.5) is 0 Å². The fraction of sp³-hybridized carbons (Fsp3) is 0.250. The highest BCUT2D eigenvalue weighted by atomic mass is 13.9. The van der Waals surface area contributed by atoms with Gasteiger partial charge in [-0.1, -0.05) is 186 Å². The molecular formula is C40H50. The predicted octanol–water partition coefficient (Wildman–Crippen LogP) is 11.2. The van der Waals surface area contributed by atoms with Gasteiger partial charge in [0.05, 0.1) is 0 Å². The third-order valence-corrected chi connectivity index (χ3v) is 6.26. The van der Waals surface area contributed by atoms with Crippen LogP contribution in [-0.2, 0) is 32.1 Å². The molecule has 0 N–H and O–H groups in total. The van der Waals surface area contributed by atoms with E-state index >= 15 is 0 Å². The van der Waals surface area contributed by atoms with E-state index in [4.69, 9.17) is 0 Å². The first-order chi connectivity index (χ1) is 19.7. The molecule has 0 aliphatic heterocycles. The molecule has 5 aromatic rings. The van der Waals surface area contributed by atoms with E-state index in [1.165, 1.54) is 27.8 Å². The molecule has 0 atom stereocenters. The maximum absolute atomic E-state index is 2.16. The van der Waals surface area contributed by atoms with Crippen LogP contribution in [0, 0.1) is 0 Å². The Balaban J connectivity index is 0.000000250. The number of aryl methyl sites for hydroxylation is 5. The monoisotopic (exact) mass is 530 g/mol. The van der Waals surface area contributed by atoms with Crippen molar-refractivity contribution in [1.82, 2.24) is 0 Å². The molecule has 0 aromatic heterocycles. The Labute approximate surface area is 245 Å². The topological polar surface area (TPSA) is 0 Å². The van der Waals surface area contributed by atoms with E-state index < -0.39 is 0 Å². The van der Waals surface area contributed by atoms with Crippen molar-refractivity contribution in [2.24, 2.45) is 0 Å². The third-order valence-electron chi connectivity index (χ3n) is 6.26. The van der Waals surface area contributed by atoms with E-state index in [-0.39, 0.29) is 0 Å². The van der Waals surface area contributed by atoms with Gasteiger partial charge in [0, 0.05) is 0 Å². The van der Waals surface area contributed by atoms with Gasteiger partial charge >= 0.3 is 0 Å². The second kappa shape index (κ2) is 24.2. The van der Waals surface area contributed by atoms with Crippen LogP contribution in [0.1, 0.15) is 62.4 Å². The first-order valence-electron chi connectivity index (χ1n) is 14.9. The molecule has 210 valence electrons. The molecule has 0 aliphatic rings. The zero-order valence-electron chi connectivity index (χ0n) is 25.5. The lowest BCUT2D eigenvalue weighted by molar-refractivity contribution is 1.14. The zero-order valence-corrected chi connectivity index (χ0v) is 25.5. The molecule has 5 aromatic carbocycles. The molecule has 0 saturated carbocycles. The fourth-order valence-electron chi connectivity index (χ4n) is 3.57. The minimum Gasteiger partial charge on any atom is -0.0622 e. The van der Waals surface area contributed by atoms with E-state index in [2.05, 4.69) is 156 Å². The standard InChI is InChI=1S/5C8H10/c5*1-2-8-6-4-3-5-7-8/h5*3-7H,2H2,1H3. The summed E-state index contributed by atoms with van der Waals surface area (Å²) in [5, 5.41) is 0. The van der Waals surface area contributed by atoms with Gasteiger partial charge in [0.1, 0.15) is 0 Å². The normalized spacial score (nSPS) is 9.12. The van der Waals surface area contributed by atoms with Crippen molar-refractivity contribution < 1.29 is 0 Å². The third kappa shape index (κ3) is 17.6. The molecule has 0 bridgehead atoms. The molecule has 0 nitrogen and oxygen atoms in total. The van der Waals surface area contributed by atoms with Gasteiger partial charge < -0.3 is 0 Å². The molecule has 0 saturated heterocycles. The Kier molecular flexibility index (Phi) is 20.6. The average Bonchev–Trinajstić information content (AvgIpc) is 3.07. The highest BCUT2D eigenvalue weighted by molar-refractivity contribution is 5.16. The number of rotatable bonds is 5. The Morgan fingerprint density at radius 3 is 0.425 bits per heavy atom. The molecule has 0 heteroatoms. The SMILES string of the molecule is CCc1ccccc1.CCc1ccccc1.CCc1ccccc1.CCc1ccccc1.CCc1ccccc1. The van der Waals surface area contributed by atoms with Gasteiger partial charge in [-0.25, -0.2) is 0 Å². The zero-order chi connectivity index (χ0) is 29.1. The number of hydrogen-bond donors (Lipinski definition) is 0. The van der Waals surface area contributed by atoms with Crippen LogP contribution < -0.4 is 0 Å². The van der Waals surface area contributed by atoms with Crippen molar-refractivity contribution in [3.05, 3.63) is 179 Å². The summed E-state index contributed by atoms with van der Waals surface area (Å²) in [6, 6.07) is 52.3. The lowest BCUT2D eigenvalue weighted by Gasteiger charge is -1.89. The Morgan fingerprint density at radius 1 is 0.225 bits per heavy atom. The Bertz CT molecular complexity index is 936. The summed E-state index contributed by atoms with van der Waals surface area (Å²) in [5.41, 5.74) is 7.05. The summed E-state index contributed by atoms with van der Waals surface area (Å²) < 4.78 is 0. The highest BCUT2D eigenvalue weighted by Crippen LogP contribution is 1.99.